The van der Waals surface area contributed by atoms with E-state index in [9.17, 15) is 9.59 Å². The van der Waals surface area contributed by atoms with Crippen LogP contribution in [0, 0.1) is 6.92 Å². The molecule has 0 spiro atoms. The van der Waals surface area contributed by atoms with Crippen LogP contribution in [0.15, 0.2) is 72.4 Å². The molecule has 6 heteroatoms. The Morgan fingerprint density at radius 2 is 1.55 bits per heavy atom. The van der Waals surface area contributed by atoms with Gasteiger partial charge in [0.2, 0.25) is 0 Å². The van der Waals surface area contributed by atoms with Crippen LogP contribution >= 0.6 is 23.2 Å². The molecule has 3 aromatic rings. The molecule has 2 amide bonds. The van der Waals surface area contributed by atoms with Gasteiger partial charge in [0.05, 0.1) is 11.3 Å². The van der Waals surface area contributed by atoms with Crippen LogP contribution in [0.5, 0.6) is 0 Å². The predicted octanol–water partition coefficient (Wildman–Crippen LogP) is 6.26. The quantitative estimate of drug-likeness (QED) is 0.466. The van der Waals surface area contributed by atoms with Crippen LogP contribution < -0.4 is 10.2 Å². The maximum Gasteiger partial charge on any atom is 0.282 e. The molecule has 0 saturated heterocycles. The van der Waals surface area contributed by atoms with Crippen molar-refractivity contribution >= 4 is 52.0 Å². The number of nitrogens with zero attached hydrogens (tertiary/aromatic N) is 1. The van der Waals surface area contributed by atoms with E-state index in [0.29, 0.717) is 32.4 Å². The third kappa shape index (κ3) is 3.97. The van der Waals surface area contributed by atoms with Crippen molar-refractivity contribution in [1.29, 1.82) is 0 Å². The summed E-state index contributed by atoms with van der Waals surface area (Å²) in [5.74, 6) is -0.842. The third-order valence-electron chi connectivity index (χ3n) is 5.33. The van der Waals surface area contributed by atoms with Gasteiger partial charge in [0.15, 0.2) is 0 Å². The topological polar surface area (TPSA) is 49.4 Å². The van der Waals surface area contributed by atoms with Gasteiger partial charge in [-0.05, 0) is 66.4 Å². The van der Waals surface area contributed by atoms with Crippen molar-refractivity contribution in [3.63, 3.8) is 0 Å². The lowest BCUT2D eigenvalue weighted by Crippen LogP contribution is -2.33. The Kier molecular flexibility index (Phi) is 5.86. The van der Waals surface area contributed by atoms with Crippen molar-refractivity contribution < 1.29 is 9.59 Å². The molecular formula is C25H20Cl2N2O2. The minimum absolute atomic E-state index is 0.218. The summed E-state index contributed by atoms with van der Waals surface area (Å²) < 4.78 is 0. The van der Waals surface area contributed by atoms with Gasteiger partial charge in [-0.2, -0.15) is 0 Å². The van der Waals surface area contributed by atoms with E-state index in [1.807, 2.05) is 24.3 Å². The van der Waals surface area contributed by atoms with E-state index in [-0.39, 0.29) is 5.70 Å². The zero-order chi connectivity index (χ0) is 22.1. The van der Waals surface area contributed by atoms with Crippen molar-refractivity contribution in [2.45, 2.75) is 20.3 Å². The maximum absolute atomic E-state index is 13.5. The monoisotopic (exact) mass is 450 g/mol. The summed E-state index contributed by atoms with van der Waals surface area (Å²) in [6.45, 7) is 3.86. The largest absolute Gasteiger partial charge is 0.350 e. The molecule has 156 valence electrons. The number of rotatable bonds is 5. The van der Waals surface area contributed by atoms with Crippen LogP contribution in [0.3, 0.4) is 0 Å². The highest BCUT2D eigenvalue weighted by Gasteiger charge is 2.41. The number of hydrogen-bond acceptors (Lipinski definition) is 3. The average molecular weight is 451 g/mol. The van der Waals surface area contributed by atoms with Gasteiger partial charge in [-0.15, -0.1) is 0 Å². The van der Waals surface area contributed by atoms with Crippen LogP contribution in [0.2, 0.25) is 10.0 Å². The molecule has 0 radical (unpaired) electrons. The van der Waals surface area contributed by atoms with Crippen molar-refractivity contribution in [2.24, 2.45) is 0 Å². The van der Waals surface area contributed by atoms with Gasteiger partial charge >= 0.3 is 0 Å². The standard InChI is InChI=1S/C25H20Cl2N2O2/c1-3-16-7-13-19(14-8-16)28-23-22(17-9-11-18(26)12-10-17)24(30)29(25(23)31)21-6-4-5-20(27)15(21)2/h4-14,28H,3H2,1-2H3. The zero-order valence-electron chi connectivity index (χ0n) is 17.1. The Bertz CT molecular complexity index is 1200. The Balaban J connectivity index is 1.82. The number of carbonyl (C=O) groups is 2. The van der Waals surface area contributed by atoms with Gasteiger partial charge in [0, 0.05) is 15.7 Å². The molecule has 4 rings (SSSR count). The molecule has 3 aromatic carbocycles. The van der Waals surface area contributed by atoms with Gasteiger partial charge in [-0.1, -0.05) is 60.5 Å². The van der Waals surface area contributed by atoms with Crippen LogP contribution in [0.25, 0.3) is 5.57 Å². The van der Waals surface area contributed by atoms with Crippen molar-refractivity contribution in [1.82, 2.24) is 0 Å². The summed E-state index contributed by atoms with van der Waals surface area (Å²) in [5.41, 5.74) is 4.16. The number of amides is 2. The Morgan fingerprint density at radius 3 is 2.19 bits per heavy atom. The van der Waals surface area contributed by atoms with Crippen LogP contribution in [-0.4, -0.2) is 11.8 Å². The number of benzene rings is 3. The summed E-state index contributed by atoms with van der Waals surface area (Å²) in [7, 11) is 0. The van der Waals surface area contributed by atoms with Gasteiger partial charge in [0.1, 0.15) is 5.70 Å². The number of carbonyl (C=O) groups excluding carboxylic acids is 2. The fourth-order valence-electron chi connectivity index (χ4n) is 3.56. The summed E-state index contributed by atoms with van der Waals surface area (Å²) in [6.07, 6.45) is 0.915. The predicted molar refractivity (Wildman–Crippen MR) is 126 cm³/mol. The highest BCUT2D eigenvalue weighted by atomic mass is 35.5. The number of nitrogens with one attached hydrogen (secondary N) is 1. The second kappa shape index (κ2) is 8.58. The van der Waals surface area contributed by atoms with Gasteiger partial charge in [-0.3, -0.25) is 9.59 Å². The lowest BCUT2D eigenvalue weighted by Gasteiger charge is -2.18. The van der Waals surface area contributed by atoms with E-state index in [0.717, 1.165) is 12.1 Å². The second-order valence-electron chi connectivity index (χ2n) is 7.26. The third-order valence-corrected chi connectivity index (χ3v) is 5.99. The normalized spacial score (nSPS) is 13.9. The summed E-state index contributed by atoms with van der Waals surface area (Å²) in [4.78, 5) is 28.1. The molecule has 1 aliphatic heterocycles. The lowest BCUT2D eigenvalue weighted by atomic mass is 10.0. The van der Waals surface area contributed by atoms with Crippen molar-refractivity contribution in [3.8, 4) is 0 Å². The molecule has 1 heterocycles. The smallest absolute Gasteiger partial charge is 0.282 e. The Labute approximate surface area is 191 Å². The molecule has 0 aliphatic carbocycles. The van der Waals surface area contributed by atoms with Crippen molar-refractivity contribution in [2.75, 3.05) is 10.2 Å². The van der Waals surface area contributed by atoms with Crippen LogP contribution in [-0.2, 0) is 16.0 Å². The first-order valence-electron chi connectivity index (χ1n) is 9.90. The fraction of sp³-hybridized carbons (Fsp3) is 0.120. The van der Waals surface area contributed by atoms with E-state index >= 15 is 0 Å². The lowest BCUT2D eigenvalue weighted by molar-refractivity contribution is -0.120. The molecule has 0 atom stereocenters. The first-order valence-corrected chi connectivity index (χ1v) is 10.7. The number of hydrogen-bond donors (Lipinski definition) is 1. The number of imide groups is 1. The molecule has 1 aliphatic rings. The number of halogens is 2. The Hall–Kier alpha value is -3.08. The van der Waals surface area contributed by atoms with Crippen LogP contribution in [0.1, 0.15) is 23.6 Å². The molecule has 4 nitrogen and oxygen atoms in total. The molecule has 0 aromatic heterocycles. The number of anilines is 2. The molecule has 0 fully saturated rings. The van der Waals surface area contributed by atoms with Gasteiger partial charge in [0.25, 0.3) is 11.8 Å². The molecule has 0 bridgehead atoms. The average Bonchev–Trinajstić information content (AvgIpc) is 3.01. The Morgan fingerprint density at radius 1 is 0.871 bits per heavy atom. The first kappa shape index (κ1) is 21.2. The molecule has 0 saturated carbocycles. The minimum atomic E-state index is -0.431. The molecular weight excluding hydrogens is 431 g/mol. The summed E-state index contributed by atoms with van der Waals surface area (Å²) in [6, 6.07) is 19.8. The van der Waals surface area contributed by atoms with Gasteiger partial charge < -0.3 is 5.32 Å². The zero-order valence-corrected chi connectivity index (χ0v) is 18.6. The van der Waals surface area contributed by atoms with E-state index in [2.05, 4.69) is 12.2 Å². The van der Waals surface area contributed by atoms with E-state index in [1.54, 1.807) is 49.4 Å². The van der Waals surface area contributed by atoms with Crippen molar-refractivity contribution in [3.05, 3.63) is 99.2 Å². The van der Waals surface area contributed by atoms with E-state index < -0.39 is 11.8 Å². The second-order valence-corrected chi connectivity index (χ2v) is 8.11. The molecule has 31 heavy (non-hydrogen) atoms. The fourth-order valence-corrected chi connectivity index (χ4v) is 3.85. The summed E-state index contributed by atoms with van der Waals surface area (Å²) >= 11 is 12.3. The molecule has 0 unspecified atom stereocenters. The molecule has 1 N–H and O–H groups in total. The SMILES string of the molecule is CCc1ccc(NC2=C(c3ccc(Cl)cc3)C(=O)N(c3cccc(Cl)c3C)C2=O)cc1. The highest BCUT2D eigenvalue weighted by molar-refractivity contribution is 6.46. The number of aryl methyl sites for hydroxylation is 1. The van der Waals surface area contributed by atoms with E-state index in [1.165, 1.54) is 10.5 Å². The summed E-state index contributed by atoms with van der Waals surface area (Å²) in [5, 5.41) is 4.21. The maximum atomic E-state index is 13.5. The van der Waals surface area contributed by atoms with Gasteiger partial charge in [-0.25, -0.2) is 4.90 Å². The van der Waals surface area contributed by atoms with E-state index in [4.69, 9.17) is 23.2 Å². The van der Waals surface area contributed by atoms with Crippen LogP contribution in [0.4, 0.5) is 11.4 Å². The first-order chi connectivity index (χ1) is 14.9. The minimum Gasteiger partial charge on any atom is -0.350 e. The highest BCUT2D eigenvalue weighted by Crippen LogP contribution is 2.37.